The van der Waals surface area contributed by atoms with Gasteiger partial charge in [-0.25, -0.2) is 9.18 Å². The van der Waals surface area contributed by atoms with Gasteiger partial charge in [0.1, 0.15) is 5.82 Å². The summed E-state index contributed by atoms with van der Waals surface area (Å²) < 4.78 is 13.2. The number of hydrogen-bond acceptors (Lipinski definition) is 2. The van der Waals surface area contributed by atoms with Gasteiger partial charge in [-0.1, -0.05) is 29.8 Å². The smallest absolute Gasteiger partial charge is 0.337 e. The average molecular weight is 273 g/mol. The van der Waals surface area contributed by atoms with Crippen molar-refractivity contribution in [2.24, 2.45) is 0 Å². The lowest BCUT2D eigenvalue weighted by Gasteiger charge is -2.21. The summed E-state index contributed by atoms with van der Waals surface area (Å²) in [6.45, 7) is 2.57. The first-order valence-electron chi connectivity index (χ1n) is 6.27. The average Bonchev–Trinajstić information content (AvgIpc) is 2.41. The summed E-state index contributed by atoms with van der Waals surface area (Å²) in [5.41, 5.74) is 2.71. The third-order valence-electron chi connectivity index (χ3n) is 3.14. The van der Waals surface area contributed by atoms with Crippen molar-refractivity contribution in [3.05, 3.63) is 65.0 Å². The molecule has 1 N–H and O–H groups in total. The maximum absolute atomic E-state index is 13.2. The molecular formula is C16H16FNO2. The first-order valence-corrected chi connectivity index (χ1v) is 6.27. The van der Waals surface area contributed by atoms with Crippen LogP contribution in [0, 0.1) is 12.7 Å². The molecule has 0 bridgehead atoms. The predicted octanol–water partition coefficient (Wildman–Crippen LogP) is 3.47. The number of hydrogen-bond donors (Lipinski definition) is 1. The van der Waals surface area contributed by atoms with Crippen molar-refractivity contribution >= 4 is 11.7 Å². The highest BCUT2D eigenvalue weighted by atomic mass is 19.1. The predicted molar refractivity (Wildman–Crippen MR) is 76.6 cm³/mol. The van der Waals surface area contributed by atoms with Crippen LogP contribution in [-0.4, -0.2) is 18.1 Å². The highest BCUT2D eigenvalue weighted by Gasteiger charge is 2.14. The van der Waals surface area contributed by atoms with Crippen molar-refractivity contribution in [1.82, 2.24) is 0 Å². The molecule has 4 heteroatoms. The van der Waals surface area contributed by atoms with Crippen molar-refractivity contribution in [2.45, 2.75) is 13.5 Å². The molecule has 0 aliphatic carbocycles. The van der Waals surface area contributed by atoms with E-state index in [9.17, 15) is 9.18 Å². The molecule has 3 nitrogen and oxygen atoms in total. The topological polar surface area (TPSA) is 40.5 Å². The van der Waals surface area contributed by atoms with Gasteiger partial charge >= 0.3 is 5.97 Å². The number of halogens is 1. The van der Waals surface area contributed by atoms with E-state index in [1.54, 1.807) is 11.9 Å². The Balaban J connectivity index is 2.27. The van der Waals surface area contributed by atoms with Crippen LogP contribution in [0.4, 0.5) is 10.1 Å². The largest absolute Gasteiger partial charge is 0.478 e. The van der Waals surface area contributed by atoms with E-state index in [0.717, 1.165) is 11.6 Å². The van der Waals surface area contributed by atoms with Crippen LogP contribution in [-0.2, 0) is 6.54 Å². The summed E-state index contributed by atoms with van der Waals surface area (Å²) in [7, 11) is 1.79. The number of carboxylic acid groups (broad SMARTS) is 1. The van der Waals surface area contributed by atoms with Gasteiger partial charge in [-0.05, 0) is 30.7 Å². The number of nitrogens with zero attached hydrogens (tertiary/aromatic N) is 1. The first-order chi connectivity index (χ1) is 9.47. The maximum Gasteiger partial charge on any atom is 0.337 e. The molecule has 0 saturated heterocycles. The van der Waals surface area contributed by atoms with E-state index in [4.69, 9.17) is 5.11 Å². The van der Waals surface area contributed by atoms with Crippen LogP contribution < -0.4 is 4.90 Å². The molecule has 20 heavy (non-hydrogen) atoms. The molecule has 104 valence electrons. The molecule has 0 radical (unpaired) electrons. The van der Waals surface area contributed by atoms with Gasteiger partial charge in [0.05, 0.1) is 11.3 Å². The molecule has 0 unspecified atom stereocenters. The number of carboxylic acids is 1. The zero-order valence-corrected chi connectivity index (χ0v) is 11.4. The number of aryl methyl sites for hydroxylation is 1. The standard InChI is InChI=1S/C16H16FNO2/c1-11-3-5-12(6-4-11)10-18(2)15-8-7-13(17)9-14(15)16(19)20/h3-9H,10H2,1-2H3,(H,19,20). The molecule has 2 rings (SSSR count). The zero-order chi connectivity index (χ0) is 14.7. The lowest BCUT2D eigenvalue weighted by molar-refractivity contribution is 0.0697. The van der Waals surface area contributed by atoms with Crippen molar-refractivity contribution in [3.8, 4) is 0 Å². The normalized spacial score (nSPS) is 10.3. The van der Waals surface area contributed by atoms with Gasteiger partial charge < -0.3 is 10.0 Å². The molecule has 0 saturated carbocycles. The lowest BCUT2D eigenvalue weighted by atomic mass is 10.1. The summed E-state index contributed by atoms with van der Waals surface area (Å²) in [6.07, 6.45) is 0. The number of rotatable bonds is 4. The third kappa shape index (κ3) is 3.15. The molecular weight excluding hydrogens is 257 g/mol. The van der Waals surface area contributed by atoms with E-state index in [-0.39, 0.29) is 5.56 Å². The van der Waals surface area contributed by atoms with Crippen LogP contribution in [0.25, 0.3) is 0 Å². The Hall–Kier alpha value is -2.36. The van der Waals surface area contributed by atoms with E-state index in [2.05, 4.69) is 0 Å². The second kappa shape index (κ2) is 5.74. The Kier molecular flexibility index (Phi) is 4.03. The minimum absolute atomic E-state index is 0.0281. The summed E-state index contributed by atoms with van der Waals surface area (Å²) in [4.78, 5) is 13.0. The SMILES string of the molecule is Cc1ccc(CN(C)c2ccc(F)cc2C(=O)O)cc1. The van der Waals surface area contributed by atoms with Crippen molar-refractivity contribution in [3.63, 3.8) is 0 Å². The quantitative estimate of drug-likeness (QED) is 0.927. The molecule has 0 aliphatic rings. The van der Waals surface area contributed by atoms with Crippen LogP contribution >= 0.6 is 0 Å². The molecule has 0 spiro atoms. The third-order valence-corrected chi connectivity index (χ3v) is 3.14. The number of anilines is 1. The highest BCUT2D eigenvalue weighted by molar-refractivity contribution is 5.94. The monoisotopic (exact) mass is 273 g/mol. The van der Waals surface area contributed by atoms with E-state index in [1.807, 2.05) is 31.2 Å². The molecule has 2 aromatic rings. The first kappa shape index (κ1) is 14.1. The highest BCUT2D eigenvalue weighted by Crippen LogP contribution is 2.22. The van der Waals surface area contributed by atoms with Crippen LogP contribution in [0.15, 0.2) is 42.5 Å². The molecule has 0 fully saturated rings. The van der Waals surface area contributed by atoms with Gasteiger partial charge in [-0.2, -0.15) is 0 Å². The van der Waals surface area contributed by atoms with Crippen LogP contribution in [0.5, 0.6) is 0 Å². The summed E-state index contributed by atoms with van der Waals surface area (Å²) in [5.74, 6) is -1.68. The second-order valence-corrected chi connectivity index (χ2v) is 4.81. The van der Waals surface area contributed by atoms with Gasteiger partial charge in [-0.15, -0.1) is 0 Å². The summed E-state index contributed by atoms with van der Waals surface area (Å²) >= 11 is 0. The van der Waals surface area contributed by atoms with E-state index in [1.165, 1.54) is 17.7 Å². The lowest BCUT2D eigenvalue weighted by Crippen LogP contribution is -2.19. The number of benzene rings is 2. The van der Waals surface area contributed by atoms with Crippen LogP contribution in [0.3, 0.4) is 0 Å². The van der Waals surface area contributed by atoms with E-state index >= 15 is 0 Å². The Morgan fingerprint density at radius 3 is 2.45 bits per heavy atom. The Morgan fingerprint density at radius 1 is 1.20 bits per heavy atom. The Morgan fingerprint density at radius 2 is 1.85 bits per heavy atom. The second-order valence-electron chi connectivity index (χ2n) is 4.81. The number of aromatic carboxylic acids is 1. The van der Waals surface area contributed by atoms with E-state index in [0.29, 0.717) is 12.2 Å². The van der Waals surface area contributed by atoms with Crippen molar-refractivity contribution < 1.29 is 14.3 Å². The Labute approximate surface area is 117 Å². The molecule has 0 amide bonds. The van der Waals surface area contributed by atoms with Gasteiger partial charge in [0.15, 0.2) is 0 Å². The molecule has 0 heterocycles. The van der Waals surface area contributed by atoms with Gasteiger partial charge in [0.2, 0.25) is 0 Å². The summed E-state index contributed by atoms with van der Waals surface area (Å²) in [6, 6.07) is 11.8. The molecule has 0 aromatic heterocycles. The van der Waals surface area contributed by atoms with Crippen LogP contribution in [0.2, 0.25) is 0 Å². The summed E-state index contributed by atoms with van der Waals surface area (Å²) in [5, 5.41) is 9.15. The zero-order valence-electron chi connectivity index (χ0n) is 11.4. The minimum atomic E-state index is -1.13. The molecule has 0 aliphatic heterocycles. The molecule has 2 aromatic carbocycles. The van der Waals surface area contributed by atoms with Gasteiger partial charge in [-0.3, -0.25) is 0 Å². The van der Waals surface area contributed by atoms with Crippen LogP contribution in [0.1, 0.15) is 21.5 Å². The minimum Gasteiger partial charge on any atom is -0.478 e. The Bertz CT molecular complexity index is 623. The fourth-order valence-corrected chi connectivity index (χ4v) is 2.06. The van der Waals surface area contributed by atoms with Crippen molar-refractivity contribution in [1.29, 1.82) is 0 Å². The van der Waals surface area contributed by atoms with Crippen molar-refractivity contribution in [2.75, 3.05) is 11.9 Å². The van der Waals surface area contributed by atoms with Gasteiger partial charge in [0, 0.05) is 13.6 Å². The number of carbonyl (C=O) groups is 1. The fraction of sp³-hybridized carbons (Fsp3) is 0.188. The maximum atomic E-state index is 13.2. The molecule has 0 atom stereocenters. The van der Waals surface area contributed by atoms with E-state index < -0.39 is 11.8 Å². The fourth-order valence-electron chi connectivity index (χ4n) is 2.06. The van der Waals surface area contributed by atoms with Gasteiger partial charge in [0.25, 0.3) is 0 Å².